The van der Waals surface area contributed by atoms with Crippen molar-refractivity contribution in [1.82, 2.24) is 15.1 Å². The number of hydrogen-bond donors (Lipinski definition) is 1. The van der Waals surface area contributed by atoms with Gasteiger partial charge < -0.3 is 5.32 Å². The number of aromatic nitrogens is 2. The minimum absolute atomic E-state index is 0.649. The van der Waals surface area contributed by atoms with E-state index in [1.807, 2.05) is 11.7 Å². The van der Waals surface area contributed by atoms with E-state index < -0.39 is 0 Å². The van der Waals surface area contributed by atoms with E-state index in [0.29, 0.717) is 6.04 Å². The van der Waals surface area contributed by atoms with Crippen LogP contribution in [-0.2, 0) is 20.0 Å². The largest absolute Gasteiger partial charge is 0.308 e. The van der Waals surface area contributed by atoms with E-state index in [-0.39, 0.29) is 0 Å². The maximum atomic E-state index is 4.56. The van der Waals surface area contributed by atoms with E-state index in [2.05, 4.69) is 47.1 Å². The van der Waals surface area contributed by atoms with Gasteiger partial charge in [0.2, 0.25) is 0 Å². The van der Waals surface area contributed by atoms with Crippen LogP contribution in [0.1, 0.15) is 51.4 Å². The number of hydrogen-bond acceptors (Lipinski definition) is 2. The number of nitrogens with one attached hydrogen (secondary N) is 1. The minimum atomic E-state index is 0.649. The molecule has 1 aliphatic carbocycles. The quantitative estimate of drug-likeness (QED) is 0.914. The SMILES string of the molecule is CCc1nn(C)c(CNC2CCCC(C)C2C)c1Br. The molecule has 0 saturated heterocycles. The van der Waals surface area contributed by atoms with E-state index in [4.69, 9.17) is 0 Å². The second kappa shape index (κ2) is 6.40. The first-order chi connectivity index (χ1) is 9.04. The normalized spacial score (nSPS) is 27.7. The Hall–Kier alpha value is -0.350. The summed E-state index contributed by atoms with van der Waals surface area (Å²) in [6, 6.07) is 0.649. The Morgan fingerprint density at radius 1 is 1.37 bits per heavy atom. The zero-order chi connectivity index (χ0) is 14.0. The highest BCUT2D eigenvalue weighted by molar-refractivity contribution is 9.10. The molecule has 1 saturated carbocycles. The van der Waals surface area contributed by atoms with Crippen LogP contribution in [0.2, 0.25) is 0 Å². The molecule has 0 aromatic carbocycles. The topological polar surface area (TPSA) is 29.9 Å². The van der Waals surface area contributed by atoms with Gasteiger partial charge >= 0.3 is 0 Å². The first kappa shape index (κ1) is 15.0. The van der Waals surface area contributed by atoms with Crippen LogP contribution in [0, 0.1) is 11.8 Å². The minimum Gasteiger partial charge on any atom is -0.308 e. The van der Waals surface area contributed by atoms with Crippen molar-refractivity contribution in [2.24, 2.45) is 18.9 Å². The lowest BCUT2D eigenvalue weighted by Gasteiger charge is -2.34. The van der Waals surface area contributed by atoms with Gasteiger partial charge in [-0.1, -0.05) is 33.6 Å². The van der Waals surface area contributed by atoms with Crippen molar-refractivity contribution in [3.63, 3.8) is 0 Å². The lowest BCUT2D eigenvalue weighted by atomic mass is 9.78. The van der Waals surface area contributed by atoms with E-state index >= 15 is 0 Å². The van der Waals surface area contributed by atoms with Crippen molar-refractivity contribution >= 4 is 15.9 Å². The highest BCUT2D eigenvalue weighted by atomic mass is 79.9. The summed E-state index contributed by atoms with van der Waals surface area (Å²) in [7, 11) is 2.04. The molecule has 1 N–H and O–H groups in total. The molecule has 0 spiro atoms. The Labute approximate surface area is 125 Å². The summed E-state index contributed by atoms with van der Waals surface area (Å²) in [4.78, 5) is 0. The number of nitrogens with zero attached hydrogens (tertiary/aromatic N) is 2. The monoisotopic (exact) mass is 327 g/mol. The van der Waals surface area contributed by atoms with Crippen LogP contribution in [0.5, 0.6) is 0 Å². The third-order valence-corrected chi connectivity index (χ3v) is 5.66. The van der Waals surface area contributed by atoms with Gasteiger partial charge in [-0.2, -0.15) is 5.10 Å². The van der Waals surface area contributed by atoms with Crippen LogP contribution < -0.4 is 5.32 Å². The van der Waals surface area contributed by atoms with E-state index in [9.17, 15) is 0 Å². The van der Waals surface area contributed by atoms with Gasteiger partial charge in [0.05, 0.1) is 15.9 Å². The Morgan fingerprint density at radius 2 is 2.11 bits per heavy atom. The molecule has 1 heterocycles. The molecular weight excluding hydrogens is 302 g/mol. The molecule has 3 atom stereocenters. The van der Waals surface area contributed by atoms with Crippen molar-refractivity contribution in [2.45, 2.75) is 59.0 Å². The summed E-state index contributed by atoms with van der Waals surface area (Å²) in [5.74, 6) is 1.61. The lowest BCUT2D eigenvalue weighted by Crippen LogP contribution is -2.40. The van der Waals surface area contributed by atoms with E-state index in [1.54, 1.807) is 0 Å². The molecule has 108 valence electrons. The maximum Gasteiger partial charge on any atom is 0.0767 e. The Balaban J connectivity index is 2.00. The maximum absolute atomic E-state index is 4.56. The standard InChI is InChI=1S/C15H26BrN3/c1-5-12-15(16)14(19(4)18-12)9-17-13-8-6-7-10(2)11(13)3/h10-11,13,17H,5-9H2,1-4H3. The van der Waals surface area contributed by atoms with Crippen LogP contribution in [0.3, 0.4) is 0 Å². The molecule has 1 fully saturated rings. The predicted molar refractivity (Wildman–Crippen MR) is 83.1 cm³/mol. The van der Waals surface area contributed by atoms with Crippen molar-refractivity contribution in [1.29, 1.82) is 0 Å². The van der Waals surface area contributed by atoms with E-state index in [0.717, 1.165) is 30.5 Å². The fraction of sp³-hybridized carbons (Fsp3) is 0.800. The van der Waals surface area contributed by atoms with Crippen LogP contribution >= 0.6 is 15.9 Å². The summed E-state index contributed by atoms with van der Waals surface area (Å²) >= 11 is 3.69. The van der Waals surface area contributed by atoms with Gasteiger partial charge in [0.25, 0.3) is 0 Å². The smallest absolute Gasteiger partial charge is 0.0767 e. The third-order valence-electron chi connectivity index (χ3n) is 4.74. The molecule has 4 heteroatoms. The summed E-state index contributed by atoms with van der Waals surface area (Å²) in [5.41, 5.74) is 2.42. The zero-order valence-electron chi connectivity index (χ0n) is 12.5. The number of rotatable bonds is 4. The fourth-order valence-electron chi connectivity index (χ4n) is 3.11. The average Bonchev–Trinajstić information content (AvgIpc) is 2.66. The average molecular weight is 328 g/mol. The molecule has 2 rings (SSSR count). The van der Waals surface area contributed by atoms with Crippen molar-refractivity contribution < 1.29 is 0 Å². The van der Waals surface area contributed by atoms with Gasteiger partial charge in [0, 0.05) is 19.6 Å². The molecule has 1 aromatic heterocycles. The number of aryl methyl sites for hydroxylation is 2. The molecule has 0 bridgehead atoms. The number of halogens is 1. The summed E-state index contributed by atoms with van der Waals surface area (Å²) in [6.45, 7) is 7.83. The van der Waals surface area contributed by atoms with Gasteiger partial charge in [0.1, 0.15) is 0 Å². The van der Waals surface area contributed by atoms with Crippen LogP contribution in [0.15, 0.2) is 4.47 Å². The molecule has 1 aromatic rings. The Kier molecular flexibility index (Phi) is 5.07. The highest BCUT2D eigenvalue weighted by Gasteiger charge is 2.27. The highest BCUT2D eigenvalue weighted by Crippen LogP contribution is 2.30. The molecule has 19 heavy (non-hydrogen) atoms. The first-order valence-electron chi connectivity index (χ1n) is 7.48. The first-order valence-corrected chi connectivity index (χ1v) is 8.27. The van der Waals surface area contributed by atoms with E-state index in [1.165, 1.54) is 29.4 Å². The summed E-state index contributed by atoms with van der Waals surface area (Å²) < 4.78 is 3.19. The van der Waals surface area contributed by atoms with Gasteiger partial charge in [0.15, 0.2) is 0 Å². The summed E-state index contributed by atoms with van der Waals surface area (Å²) in [6.07, 6.45) is 5.03. The van der Waals surface area contributed by atoms with Crippen molar-refractivity contribution in [2.75, 3.05) is 0 Å². The van der Waals surface area contributed by atoms with Gasteiger partial charge in [-0.25, -0.2) is 0 Å². The molecule has 3 unspecified atom stereocenters. The second-order valence-electron chi connectivity index (χ2n) is 5.94. The predicted octanol–water partition coefficient (Wildman–Crippen LogP) is 3.66. The Bertz CT molecular complexity index is 427. The van der Waals surface area contributed by atoms with Crippen LogP contribution in [-0.4, -0.2) is 15.8 Å². The molecule has 0 radical (unpaired) electrons. The van der Waals surface area contributed by atoms with Crippen molar-refractivity contribution in [3.8, 4) is 0 Å². The third kappa shape index (κ3) is 3.22. The molecule has 0 amide bonds. The zero-order valence-corrected chi connectivity index (χ0v) is 14.1. The van der Waals surface area contributed by atoms with Crippen LogP contribution in [0.25, 0.3) is 0 Å². The second-order valence-corrected chi connectivity index (χ2v) is 6.73. The molecular formula is C15H26BrN3. The summed E-state index contributed by atoms with van der Waals surface area (Å²) in [5, 5.41) is 8.30. The fourth-order valence-corrected chi connectivity index (χ4v) is 3.87. The van der Waals surface area contributed by atoms with Gasteiger partial charge in [-0.3, -0.25) is 4.68 Å². The van der Waals surface area contributed by atoms with Crippen LogP contribution in [0.4, 0.5) is 0 Å². The molecule has 0 aliphatic heterocycles. The van der Waals surface area contributed by atoms with Gasteiger partial charge in [-0.15, -0.1) is 0 Å². The van der Waals surface area contributed by atoms with Crippen molar-refractivity contribution in [3.05, 3.63) is 15.9 Å². The molecule has 3 nitrogen and oxygen atoms in total. The Morgan fingerprint density at radius 3 is 2.74 bits per heavy atom. The van der Waals surface area contributed by atoms with Gasteiger partial charge in [-0.05, 0) is 40.6 Å². The molecule has 1 aliphatic rings. The lowest BCUT2D eigenvalue weighted by molar-refractivity contribution is 0.205.